The smallest absolute Gasteiger partial charge is 0.290 e. The lowest BCUT2D eigenvalue weighted by molar-refractivity contribution is 1.01. The molecule has 0 radical (unpaired) electrons. The first-order valence-corrected chi connectivity index (χ1v) is 6.16. The van der Waals surface area contributed by atoms with Gasteiger partial charge in [0.2, 0.25) is 0 Å². The van der Waals surface area contributed by atoms with Crippen LogP contribution in [-0.2, 0) is 0 Å². The molecular formula is C13H11ClN4O. The molecule has 1 aromatic carbocycles. The van der Waals surface area contributed by atoms with Crippen LogP contribution in [0.4, 0.5) is 0 Å². The molecule has 0 saturated carbocycles. The number of aromatic nitrogens is 4. The number of hydrogen-bond acceptors (Lipinski definition) is 3. The molecule has 0 saturated heterocycles. The number of nitrogens with one attached hydrogen (secondary N) is 1. The van der Waals surface area contributed by atoms with Gasteiger partial charge in [-0.1, -0.05) is 23.7 Å². The third kappa shape index (κ3) is 1.92. The summed E-state index contributed by atoms with van der Waals surface area (Å²) in [6, 6.07) is 7.60. The summed E-state index contributed by atoms with van der Waals surface area (Å²) in [5.74, 6) is 0.523. The van der Waals surface area contributed by atoms with E-state index in [1.165, 1.54) is 4.57 Å². The van der Waals surface area contributed by atoms with Crippen LogP contribution in [0.5, 0.6) is 0 Å². The molecular weight excluding hydrogens is 264 g/mol. The van der Waals surface area contributed by atoms with Gasteiger partial charge in [-0.3, -0.25) is 9.55 Å². The van der Waals surface area contributed by atoms with E-state index in [4.69, 9.17) is 11.6 Å². The number of aryl methyl sites for hydroxylation is 2. The van der Waals surface area contributed by atoms with E-state index in [0.29, 0.717) is 17.0 Å². The molecule has 0 spiro atoms. The predicted octanol–water partition coefficient (Wildman–Crippen LogP) is 2.38. The van der Waals surface area contributed by atoms with Crippen molar-refractivity contribution in [2.45, 2.75) is 13.8 Å². The van der Waals surface area contributed by atoms with Crippen LogP contribution < -0.4 is 5.69 Å². The van der Waals surface area contributed by atoms with Gasteiger partial charge in [0.05, 0.1) is 5.69 Å². The van der Waals surface area contributed by atoms with Crippen molar-refractivity contribution < 1.29 is 0 Å². The van der Waals surface area contributed by atoms with Gasteiger partial charge >= 0.3 is 5.69 Å². The molecule has 3 rings (SSSR count). The third-order valence-electron chi connectivity index (χ3n) is 2.87. The number of halogens is 1. The van der Waals surface area contributed by atoms with Crippen LogP contribution in [0.1, 0.15) is 11.4 Å². The van der Waals surface area contributed by atoms with Crippen LogP contribution in [-0.4, -0.2) is 19.5 Å². The molecule has 0 aliphatic heterocycles. The van der Waals surface area contributed by atoms with E-state index in [-0.39, 0.29) is 10.8 Å². The van der Waals surface area contributed by atoms with Crippen molar-refractivity contribution in [3.63, 3.8) is 0 Å². The number of rotatable bonds is 1. The van der Waals surface area contributed by atoms with Gasteiger partial charge in [-0.2, -0.15) is 0 Å². The third-order valence-corrected chi connectivity index (χ3v) is 3.13. The number of fused-ring (bicyclic) bond motifs is 1. The largest absolute Gasteiger partial charge is 0.332 e. The quantitative estimate of drug-likeness (QED) is 0.693. The van der Waals surface area contributed by atoms with E-state index in [0.717, 1.165) is 11.3 Å². The van der Waals surface area contributed by atoms with Crippen LogP contribution >= 0.6 is 11.6 Å². The van der Waals surface area contributed by atoms with E-state index in [1.54, 1.807) is 6.92 Å². The number of hydrogen-bond donors (Lipinski definition) is 1. The highest BCUT2D eigenvalue weighted by molar-refractivity contribution is 6.33. The molecule has 19 heavy (non-hydrogen) atoms. The second-order valence-electron chi connectivity index (χ2n) is 4.36. The minimum atomic E-state index is -0.276. The standard InChI is InChI=1S/C13H11ClN4O/c1-7-4-3-5-9(6-7)18-10-11(14)15-8(2)16-12(10)17-13(18)19/h3-6H,1-2H3,(H,15,16,17,19). The molecule has 0 fully saturated rings. The molecule has 1 N–H and O–H groups in total. The van der Waals surface area contributed by atoms with Gasteiger partial charge in [0.25, 0.3) is 0 Å². The lowest BCUT2D eigenvalue weighted by Gasteiger charge is -2.05. The average Bonchev–Trinajstić information content (AvgIpc) is 2.65. The molecule has 0 unspecified atom stereocenters. The van der Waals surface area contributed by atoms with Crippen LogP contribution in [0, 0.1) is 13.8 Å². The average molecular weight is 275 g/mol. The molecule has 0 aliphatic carbocycles. The van der Waals surface area contributed by atoms with Crippen LogP contribution in [0.15, 0.2) is 29.1 Å². The summed E-state index contributed by atoms with van der Waals surface area (Å²) >= 11 is 6.14. The molecule has 0 amide bonds. The summed E-state index contributed by atoms with van der Waals surface area (Å²) in [7, 11) is 0. The Balaban J connectivity index is 2.42. The Kier molecular flexibility index (Phi) is 2.64. The fraction of sp³-hybridized carbons (Fsp3) is 0.154. The second kappa shape index (κ2) is 4.20. The summed E-state index contributed by atoms with van der Waals surface area (Å²) in [5, 5.41) is 0.266. The molecule has 0 bridgehead atoms. The zero-order chi connectivity index (χ0) is 13.6. The van der Waals surface area contributed by atoms with Gasteiger partial charge < -0.3 is 0 Å². The first-order chi connectivity index (χ1) is 9.06. The van der Waals surface area contributed by atoms with Gasteiger partial charge in [-0.25, -0.2) is 14.8 Å². The number of imidazole rings is 1. The summed E-state index contributed by atoms with van der Waals surface area (Å²) in [6.45, 7) is 3.69. The minimum Gasteiger partial charge on any atom is -0.290 e. The predicted molar refractivity (Wildman–Crippen MR) is 74.0 cm³/mol. The topological polar surface area (TPSA) is 63.6 Å². The fourth-order valence-corrected chi connectivity index (χ4v) is 2.39. The summed E-state index contributed by atoms with van der Waals surface area (Å²) < 4.78 is 1.49. The van der Waals surface area contributed by atoms with Crippen LogP contribution in [0.3, 0.4) is 0 Å². The molecule has 0 aliphatic rings. The van der Waals surface area contributed by atoms with Crippen molar-refractivity contribution in [3.8, 4) is 5.69 Å². The van der Waals surface area contributed by atoms with Gasteiger partial charge in [0.15, 0.2) is 10.8 Å². The van der Waals surface area contributed by atoms with Gasteiger partial charge in [-0.05, 0) is 31.5 Å². The van der Waals surface area contributed by atoms with E-state index >= 15 is 0 Å². The summed E-state index contributed by atoms with van der Waals surface area (Å²) in [6.07, 6.45) is 0. The lowest BCUT2D eigenvalue weighted by atomic mass is 10.2. The highest BCUT2D eigenvalue weighted by Crippen LogP contribution is 2.21. The van der Waals surface area contributed by atoms with E-state index in [2.05, 4.69) is 15.0 Å². The molecule has 5 nitrogen and oxygen atoms in total. The number of nitrogens with zero attached hydrogens (tertiary/aromatic N) is 3. The van der Waals surface area contributed by atoms with Crippen molar-refractivity contribution in [3.05, 3.63) is 51.3 Å². The Labute approximate surface area is 113 Å². The van der Waals surface area contributed by atoms with E-state index < -0.39 is 0 Å². The molecule has 2 aromatic heterocycles. The zero-order valence-electron chi connectivity index (χ0n) is 10.4. The van der Waals surface area contributed by atoms with Crippen molar-refractivity contribution >= 4 is 22.8 Å². The Morgan fingerprint density at radius 3 is 2.79 bits per heavy atom. The molecule has 2 heterocycles. The van der Waals surface area contributed by atoms with Crippen molar-refractivity contribution in [2.24, 2.45) is 0 Å². The van der Waals surface area contributed by atoms with E-state index in [9.17, 15) is 4.79 Å². The van der Waals surface area contributed by atoms with E-state index in [1.807, 2.05) is 31.2 Å². The van der Waals surface area contributed by atoms with Gasteiger partial charge in [0.1, 0.15) is 11.3 Å². The fourth-order valence-electron chi connectivity index (χ4n) is 2.09. The normalized spacial score (nSPS) is 11.1. The highest BCUT2D eigenvalue weighted by Gasteiger charge is 2.14. The zero-order valence-corrected chi connectivity index (χ0v) is 11.2. The highest BCUT2D eigenvalue weighted by atomic mass is 35.5. The van der Waals surface area contributed by atoms with Crippen LogP contribution in [0.2, 0.25) is 5.15 Å². The maximum Gasteiger partial charge on any atom is 0.332 e. The first-order valence-electron chi connectivity index (χ1n) is 5.78. The Morgan fingerprint density at radius 1 is 1.26 bits per heavy atom. The van der Waals surface area contributed by atoms with Crippen molar-refractivity contribution in [1.29, 1.82) is 0 Å². The minimum absolute atomic E-state index is 0.266. The number of H-pyrrole nitrogens is 1. The Bertz CT molecular complexity index is 834. The maximum atomic E-state index is 12.1. The number of benzene rings is 1. The van der Waals surface area contributed by atoms with Crippen molar-refractivity contribution in [1.82, 2.24) is 19.5 Å². The second-order valence-corrected chi connectivity index (χ2v) is 4.72. The van der Waals surface area contributed by atoms with Gasteiger partial charge in [-0.15, -0.1) is 0 Å². The summed E-state index contributed by atoms with van der Waals surface area (Å²) in [5.41, 5.74) is 2.47. The monoisotopic (exact) mass is 274 g/mol. The Hall–Kier alpha value is -2.14. The first kappa shape index (κ1) is 11.9. The maximum absolute atomic E-state index is 12.1. The van der Waals surface area contributed by atoms with Crippen LogP contribution in [0.25, 0.3) is 16.9 Å². The van der Waals surface area contributed by atoms with Gasteiger partial charge in [0, 0.05) is 0 Å². The molecule has 96 valence electrons. The molecule has 0 atom stereocenters. The Morgan fingerprint density at radius 2 is 2.05 bits per heavy atom. The SMILES string of the molecule is Cc1cccc(-n2c(=O)[nH]c3nc(C)nc(Cl)c32)c1. The molecule has 6 heteroatoms. The summed E-state index contributed by atoms with van der Waals surface area (Å²) in [4.78, 5) is 23.1. The number of aromatic amines is 1. The lowest BCUT2D eigenvalue weighted by Crippen LogP contribution is -2.14. The van der Waals surface area contributed by atoms with Crippen molar-refractivity contribution in [2.75, 3.05) is 0 Å². The molecule has 3 aromatic rings.